The quantitative estimate of drug-likeness (QED) is 0.793. The number of carbonyl (C=O) groups excluding carboxylic acids is 1. The molecule has 88 valence electrons. The number of hydrogen-bond acceptors (Lipinski definition) is 3. The number of carbonyl (C=O) groups is 1. The average Bonchev–Trinajstić information content (AvgIpc) is 2.91. The highest BCUT2D eigenvalue weighted by Crippen LogP contribution is 2.34. The Balaban J connectivity index is 2.15. The maximum atomic E-state index is 11.9. The molecule has 4 heteroatoms. The summed E-state index contributed by atoms with van der Waals surface area (Å²) < 4.78 is 0. The van der Waals surface area contributed by atoms with Gasteiger partial charge < -0.3 is 0 Å². The van der Waals surface area contributed by atoms with Crippen LogP contribution in [0.3, 0.4) is 0 Å². The van der Waals surface area contributed by atoms with Gasteiger partial charge in [0.15, 0.2) is 5.13 Å². The number of hydrogen-bond donors (Lipinski definition) is 0. The third-order valence-corrected chi connectivity index (χ3v) is 3.72. The molecule has 1 saturated carbocycles. The van der Waals surface area contributed by atoms with Crippen LogP contribution in [0, 0.1) is 5.92 Å². The Morgan fingerprint density at radius 3 is 2.56 bits per heavy atom. The minimum Gasteiger partial charge on any atom is -0.291 e. The molecule has 0 aromatic carbocycles. The Labute approximate surface area is 100 Å². The first-order chi connectivity index (χ1) is 7.39. The third-order valence-electron chi connectivity index (χ3n) is 2.80. The summed E-state index contributed by atoms with van der Waals surface area (Å²) in [5.41, 5.74) is 1.11. The molecule has 0 radical (unpaired) electrons. The molecule has 1 aromatic rings. The lowest BCUT2D eigenvalue weighted by atomic mass is 9.93. The number of nitrogens with zero attached hydrogens (tertiary/aromatic N) is 2. The van der Waals surface area contributed by atoms with Crippen molar-refractivity contribution in [1.82, 2.24) is 4.98 Å². The van der Waals surface area contributed by atoms with Crippen molar-refractivity contribution in [3.63, 3.8) is 0 Å². The van der Waals surface area contributed by atoms with Crippen molar-refractivity contribution in [2.45, 2.75) is 39.0 Å². The van der Waals surface area contributed by atoms with Crippen LogP contribution in [0.25, 0.3) is 0 Å². The van der Waals surface area contributed by atoms with Gasteiger partial charge in [-0.15, -0.1) is 11.3 Å². The zero-order chi connectivity index (χ0) is 11.9. The van der Waals surface area contributed by atoms with Crippen LogP contribution in [0.4, 0.5) is 5.13 Å². The molecule has 0 bridgehead atoms. The van der Waals surface area contributed by atoms with E-state index in [1.165, 1.54) is 0 Å². The Hall–Kier alpha value is -0.900. The molecule has 3 nitrogen and oxygen atoms in total. The number of amides is 1. The van der Waals surface area contributed by atoms with Gasteiger partial charge in [-0.05, 0) is 12.8 Å². The van der Waals surface area contributed by atoms with E-state index in [4.69, 9.17) is 0 Å². The SMILES string of the molecule is CN(C(=O)C1CC1)c1nc(C(C)(C)C)cs1. The van der Waals surface area contributed by atoms with Gasteiger partial charge in [-0.25, -0.2) is 4.98 Å². The summed E-state index contributed by atoms with van der Waals surface area (Å²) in [4.78, 5) is 18.1. The van der Waals surface area contributed by atoms with Crippen LogP contribution >= 0.6 is 11.3 Å². The van der Waals surface area contributed by atoms with Gasteiger partial charge in [0, 0.05) is 23.8 Å². The summed E-state index contributed by atoms with van der Waals surface area (Å²) in [6, 6.07) is 0. The maximum Gasteiger partial charge on any atom is 0.231 e. The van der Waals surface area contributed by atoms with E-state index < -0.39 is 0 Å². The van der Waals surface area contributed by atoms with Gasteiger partial charge in [-0.1, -0.05) is 20.8 Å². The van der Waals surface area contributed by atoms with Crippen LogP contribution < -0.4 is 4.90 Å². The lowest BCUT2D eigenvalue weighted by Gasteiger charge is -2.16. The molecule has 1 heterocycles. The summed E-state index contributed by atoms with van der Waals surface area (Å²) >= 11 is 1.55. The van der Waals surface area contributed by atoms with Gasteiger partial charge in [0.1, 0.15) is 0 Å². The monoisotopic (exact) mass is 238 g/mol. The second-order valence-electron chi connectivity index (χ2n) is 5.44. The number of rotatable bonds is 2. The van der Waals surface area contributed by atoms with Crippen LogP contribution in [-0.2, 0) is 10.2 Å². The van der Waals surface area contributed by atoms with E-state index in [9.17, 15) is 4.79 Å². The molecule has 1 aromatic heterocycles. The van der Waals surface area contributed by atoms with Crippen LogP contribution in [0.5, 0.6) is 0 Å². The molecular weight excluding hydrogens is 220 g/mol. The highest BCUT2D eigenvalue weighted by molar-refractivity contribution is 7.14. The van der Waals surface area contributed by atoms with Gasteiger partial charge >= 0.3 is 0 Å². The van der Waals surface area contributed by atoms with Crippen molar-refractivity contribution < 1.29 is 4.79 Å². The molecule has 0 saturated heterocycles. The molecule has 0 spiro atoms. The molecule has 0 atom stereocenters. The Morgan fingerprint density at radius 2 is 2.12 bits per heavy atom. The fraction of sp³-hybridized carbons (Fsp3) is 0.667. The molecule has 1 aliphatic carbocycles. The van der Waals surface area contributed by atoms with E-state index in [2.05, 4.69) is 25.8 Å². The molecule has 0 aliphatic heterocycles. The minimum absolute atomic E-state index is 0.0538. The third kappa shape index (κ3) is 2.26. The summed E-state index contributed by atoms with van der Waals surface area (Å²) in [6.45, 7) is 6.40. The van der Waals surface area contributed by atoms with Crippen molar-refractivity contribution in [2.75, 3.05) is 11.9 Å². The Morgan fingerprint density at radius 1 is 1.50 bits per heavy atom. The van der Waals surface area contributed by atoms with Crippen molar-refractivity contribution in [1.29, 1.82) is 0 Å². The van der Waals surface area contributed by atoms with Crippen LogP contribution in [0.15, 0.2) is 5.38 Å². The first-order valence-corrected chi connectivity index (χ1v) is 6.51. The molecule has 1 fully saturated rings. The number of aromatic nitrogens is 1. The van der Waals surface area contributed by atoms with E-state index in [0.717, 1.165) is 23.7 Å². The van der Waals surface area contributed by atoms with Crippen molar-refractivity contribution in [3.05, 3.63) is 11.1 Å². The van der Waals surface area contributed by atoms with E-state index in [1.54, 1.807) is 16.2 Å². The predicted molar refractivity (Wildman–Crippen MR) is 66.9 cm³/mol. The Bertz CT molecular complexity index is 401. The first kappa shape index (κ1) is 11.6. The number of thiazole rings is 1. The fourth-order valence-electron chi connectivity index (χ4n) is 1.46. The molecule has 1 amide bonds. The van der Waals surface area contributed by atoms with Gasteiger partial charge in [-0.2, -0.15) is 0 Å². The van der Waals surface area contributed by atoms with Crippen LogP contribution in [-0.4, -0.2) is 17.9 Å². The first-order valence-electron chi connectivity index (χ1n) is 5.63. The van der Waals surface area contributed by atoms with Gasteiger partial charge in [0.2, 0.25) is 5.91 Å². The topological polar surface area (TPSA) is 33.2 Å². The smallest absolute Gasteiger partial charge is 0.231 e. The van der Waals surface area contributed by atoms with Crippen molar-refractivity contribution >= 4 is 22.4 Å². The summed E-state index contributed by atoms with van der Waals surface area (Å²) in [5, 5.41) is 2.87. The van der Waals surface area contributed by atoms with E-state index >= 15 is 0 Å². The fourth-order valence-corrected chi connectivity index (χ4v) is 2.48. The zero-order valence-corrected chi connectivity index (χ0v) is 11.1. The normalized spacial score (nSPS) is 16.2. The molecule has 1 aliphatic rings. The zero-order valence-electron chi connectivity index (χ0n) is 10.3. The lowest BCUT2D eigenvalue weighted by Crippen LogP contribution is -2.27. The molecule has 2 rings (SSSR count). The number of anilines is 1. The summed E-state index contributed by atoms with van der Waals surface area (Å²) in [6.07, 6.45) is 2.08. The van der Waals surface area contributed by atoms with Crippen LogP contribution in [0.2, 0.25) is 0 Å². The summed E-state index contributed by atoms with van der Waals surface area (Å²) in [7, 11) is 1.83. The van der Waals surface area contributed by atoms with Crippen LogP contribution in [0.1, 0.15) is 39.3 Å². The van der Waals surface area contributed by atoms with E-state index in [0.29, 0.717) is 0 Å². The van der Waals surface area contributed by atoms with Gasteiger partial charge in [-0.3, -0.25) is 9.69 Å². The highest BCUT2D eigenvalue weighted by atomic mass is 32.1. The molecule has 0 unspecified atom stereocenters. The minimum atomic E-state index is 0.0538. The van der Waals surface area contributed by atoms with Crippen molar-refractivity contribution in [3.8, 4) is 0 Å². The molecule has 16 heavy (non-hydrogen) atoms. The van der Waals surface area contributed by atoms with E-state index in [1.807, 2.05) is 12.4 Å². The average molecular weight is 238 g/mol. The second-order valence-corrected chi connectivity index (χ2v) is 6.27. The molecule has 0 N–H and O–H groups in total. The van der Waals surface area contributed by atoms with Gasteiger partial charge in [0.05, 0.1) is 5.69 Å². The highest BCUT2D eigenvalue weighted by Gasteiger charge is 2.33. The second kappa shape index (κ2) is 3.84. The van der Waals surface area contributed by atoms with E-state index in [-0.39, 0.29) is 17.2 Å². The largest absolute Gasteiger partial charge is 0.291 e. The van der Waals surface area contributed by atoms with Crippen molar-refractivity contribution in [2.24, 2.45) is 5.92 Å². The Kier molecular flexibility index (Phi) is 2.78. The van der Waals surface area contributed by atoms with Gasteiger partial charge in [0.25, 0.3) is 0 Å². The predicted octanol–water partition coefficient (Wildman–Crippen LogP) is 2.81. The lowest BCUT2D eigenvalue weighted by molar-refractivity contribution is -0.119. The summed E-state index contributed by atoms with van der Waals surface area (Å²) in [5.74, 6) is 0.474. The standard InChI is InChI=1S/C12H18N2OS/c1-12(2,3)9-7-16-11(13-9)14(4)10(15)8-5-6-8/h7-8H,5-6H2,1-4H3. The molecular formula is C12H18N2OS. The maximum absolute atomic E-state index is 11.9.